The van der Waals surface area contributed by atoms with Crippen molar-refractivity contribution in [3.05, 3.63) is 108 Å². The van der Waals surface area contributed by atoms with Crippen LogP contribution in [0.2, 0.25) is 0 Å². The van der Waals surface area contributed by atoms with E-state index < -0.39 is 35.4 Å². The van der Waals surface area contributed by atoms with Gasteiger partial charge in [-0.15, -0.1) is 11.8 Å². The first kappa shape index (κ1) is 30.0. The zero-order valence-corrected chi connectivity index (χ0v) is 27.4. The Morgan fingerprint density at radius 1 is 0.978 bits per heavy atom. The van der Waals surface area contributed by atoms with Gasteiger partial charge in [-0.3, -0.25) is 19.3 Å². The summed E-state index contributed by atoms with van der Waals surface area (Å²) < 4.78 is 48.0. The van der Waals surface area contributed by atoms with Crippen LogP contribution in [0.4, 0.5) is 18.9 Å². The van der Waals surface area contributed by atoms with Crippen molar-refractivity contribution in [1.82, 2.24) is 4.98 Å². The first-order valence-corrected chi connectivity index (χ1v) is 17.4. The lowest BCUT2D eigenvalue weighted by Gasteiger charge is -2.43. The molecule has 3 aromatic carbocycles. The summed E-state index contributed by atoms with van der Waals surface area (Å²) >= 11 is 6.35. The molecular formula is C34H26BrF3N2O4S2. The molecule has 1 N–H and O–H groups in total. The van der Waals surface area contributed by atoms with Crippen LogP contribution in [0.1, 0.15) is 39.5 Å². The second-order valence-corrected chi connectivity index (χ2v) is 15.5. The number of amides is 2. The van der Waals surface area contributed by atoms with Crippen molar-refractivity contribution in [2.24, 2.45) is 29.6 Å². The number of hydrogen-bond donors (Lipinski definition) is 1. The van der Waals surface area contributed by atoms with Crippen LogP contribution in [0.5, 0.6) is 5.75 Å². The quantitative estimate of drug-likeness (QED) is 0.213. The number of thioether (sulfide) groups is 1. The standard InChI is InChI=1S/C34H26BrF3N2O4S2/c1-15-5-2-3-6-16(15)14-44-23-10-9-18(35)12-20(23)24-25-21-13-22(28(25)45-30-29(24)46-33(43)39-30)27-26(21)31(41)40(32(27)42)19-8-4-7-17(11-19)34(36,37)38/h2-12,21-22,24-28H,13-14H2,1H3,(H,39,43)/t21-,22-,24+,25+,26+,27+,28-/m1/s1. The molecule has 2 amide bonds. The minimum atomic E-state index is -4.60. The largest absolute Gasteiger partial charge is 0.489 e. The maximum atomic E-state index is 14.1. The predicted octanol–water partition coefficient (Wildman–Crippen LogP) is 7.78. The number of nitrogens with one attached hydrogen (secondary N) is 1. The van der Waals surface area contributed by atoms with E-state index in [2.05, 4.69) is 20.9 Å². The summed E-state index contributed by atoms with van der Waals surface area (Å²) in [5.74, 6) is -2.20. The number of H-pyrrole nitrogens is 1. The Labute approximate surface area is 278 Å². The highest BCUT2D eigenvalue weighted by Crippen LogP contribution is 2.69. The third kappa shape index (κ3) is 4.62. The highest BCUT2D eigenvalue weighted by atomic mass is 79.9. The molecule has 2 aliphatic heterocycles. The summed E-state index contributed by atoms with van der Waals surface area (Å²) in [6, 6.07) is 18.3. The number of carbonyl (C=O) groups is 2. The van der Waals surface area contributed by atoms with E-state index in [1.165, 1.54) is 12.1 Å². The summed E-state index contributed by atoms with van der Waals surface area (Å²) in [5.41, 5.74) is 2.10. The molecule has 3 heterocycles. The molecule has 1 saturated heterocycles. The molecule has 8 rings (SSSR count). The average molecular weight is 728 g/mol. The molecule has 2 aliphatic carbocycles. The molecule has 4 aromatic rings. The Bertz CT molecular complexity index is 1980. The predicted molar refractivity (Wildman–Crippen MR) is 172 cm³/mol. The summed E-state index contributed by atoms with van der Waals surface area (Å²) in [4.78, 5) is 45.4. The van der Waals surface area contributed by atoms with E-state index in [1.54, 1.807) is 11.8 Å². The number of anilines is 1. The van der Waals surface area contributed by atoms with Crippen molar-refractivity contribution in [3.63, 3.8) is 0 Å². The molecule has 2 saturated carbocycles. The molecular weight excluding hydrogens is 701 g/mol. The topological polar surface area (TPSA) is 79.5 Å². The van der Waals surface area contributed by atoms with E-state index in [-0.39, 0.29) is 39.5 Å². The van der Waals surface area contributed by atoms with Crippen LogP contribution in [-0.4, -0.2) is 22.0 Å². The van der Waals surface area contributed by atoms with Gasteiger partial charge in [0.15, 0.2) is 0 Å². The molecule has 236 valence electrons. The molecule has 12 heteroatoms. The number of alkyl halides is 3. The van der Waals surface area contributed by atoms with Crippen molar-refractivity contribution < 1.29 is 27.5 Å². The van der Waals surface area contributed by atoms with Crippen molar-refractivity contribution in [3.8, 4) is 5.75 Å². The number of aromatic nitrogens is 1. The molecule has 0 spiro atoms. The van der Waals surface area contributed by atoms with Gasteiger partial charge >= 0.3 is 11.0 Å². The number of ether oxygens (including phenoxy) is 1. The van der Waals surface area contributed by atoms with Gasteiger partial charge in [-0.25, -0.2) is 0 Å². The SMILES string of the molecule is Cc1ccccc1COc1ccc(Br)cc1[C@@H]1c2sc(=O)[nH]c2S[C@@H]2[C@@H]3C[C@@H]([C@@H]4C(=O)N(c5cccc(C(F)(F)F)c5)C(=O)[C@@H]34)[C@@H]12. The van der Waals surface area contributed by atoms with Gasteiger partial charge in [-0.05, 0) is 78.6 Å². The summed E-state index contributed by atoms with van der Waals surface area (Å²) in [7, 11) is 0. The number of rotatable bonds is 5. The van der Waals surface area contributed by atoms with Crippen LogP contribution in [0.3, 0.4) is 0 Å². The number of imide groups is 1. The van der Waals surface area contributed by atoms with Crippen molar-refractivity contribution in [2.75, 3.05) is 4.90 Å². The fourth-order valence-electron chi connectivity index (χ4n) is 8.26. The van der Waals surface area contributed by atoms with Gasteiger partial charge in [-0.2, -0.15) is 13.2 Å². The highest BCUT2D eigenvalue weighted by molar-refractivity contribution is 9.10. The lowest BCUT2D eigenvalue weighted by Crippen LogP contribution is -2.42. The lowest BCUT2D eigenvalue weighted by atomic mass is 9.68. The molecule has 3 fully saturated rings. The van der Waals surface area contributed by atoms with Gasteiger partial charge in [-0.1, -0.05) is 57.6 Å². The van der Waals surface area contributed by atoms with Crippen LogP contribution in [0, 0.1) is 36.5 Å². The van der Waals surface area contributed by atoms with Crippen LogP contribution in [0.15, 0.2) is 81.0 Å². The van der Waals surface area contributed by atoms with Crippen molar-refractivity contribution in [1.29, 1.82) is 0 Å². The lowest BCUT2D eigenvalue weighted by molar-refractivity contribution is -0.137. The number of carbonyl (C=O) groups excluding carboxylic acids is 2. The van der Waals surface area contributed by atoms with E-state index in [0.717, 1.165) is 59.4 Å². The number of aryl methyl sites for hydroxylation is 1. The van der Waals surface area contributed by atoms with E-state index in [1.807, 2.05) is 49.4 Å². The first-order chi connectivity index (χ1) is 22.0. The third-order valence-electron chi connectivity index (χ3n) is 10.1. The number of benzene rings is 3. The normalized spacial score (nSPS) is 27.9. The Morgan fingerprint density at radius 3 is 2.50 bits per heavy atom. The maximum Gasteiger partial charge on any atom is 0.416 e. The van der Waals surface area contributed by atoms with Crippen molar-refractivity contribution in [2.45, 2.75) is 42.3 Å². The fourth-order valence-corrected chi connectivity index (χ4v) is 11.5. The second kappa shape index (κ2) is 10.8. The van der Waals surface area contributed by atoms with Gasteiger partial charge in [0, 0.05) is 26.1 Å². The number of fused-ring (bicyclic) bond motifs is 9. The molecule has 0 unspecified atom stereocenters. The van der Waals surface area contributed by atoms with Crippen LogP contribution < -0.4 is 14.5 Å². The number of nitrogens with zero attached hydrogens (tertiary/aromatic N) is 1. The van der Waals surface area contributed by atoms with Crippen LogP contribution in [-0.2, 0) is 22.4 Å². The Morgan fingerprint density at radius 2 is 1.74 bits per heavy atom. The number of thiazole rings is 1. The smallest absolute Gasteiger partial charge is 0.416 e. The Balaban J connectivity index is 1.19. The van der Waals surface area contributed by atoms with Gasteiger partial charge in [0.25, 0.3) is 0 Å². The van der Waals surface area contributed by atoms with E-state index in [0.29, 0.717) is 18.8 Å². The second-order valence-electron chi connectivity index (χ2n) is 12.4. The van der Waals surface area contributed by atoms with Gasteiger partial charge in [0.2, 0.25) is 11.8 Å². The summed E-state index contributed by atoms with van der Waals surface area (Å²) in [5, 5.41) is 0.692. The van der Waals surface area contributed by atoms with Gasteiger partial charge in [0.05, 0.1) is 28.1 Å². The van der Waals surface area contributed by atoms with Crippen LogP contribution in [0.25, 0.3) is 0 Å². The number of hydrogen-bond acceptors (Lipinski definition) is 6. The zero-order valence-electron chi connectivity index (χ0n) is 24.2. The monoisotopic (exact) mass is 726 g/mol. The van der Waals surface area contributed by atoms with E-state index in [4.69, 9.17) is 4.74 Å². The minimum absolute atomic E-state index is 0.0480. The van der Waals surface area contributed by atoms with Gasteiger partial charge < -0.3 is 9.72 Å². The Kier molecular flexibility index (Phi) is 7.08. The Hall–Kier alpha value is -3.35. The van der Waals surface area contributed by atoms with Crippen molar-refractivity contribution >= 4 is 56.5 Å². The molecule has 2 bridgehead atoms. The maximum absolute atomic E-state index is 14.1. The molecule has 4 aliphatic rings. The molecule has 0 radical (unpaired) electrons. The number of aromatic amines is 1. The molecule has 6 nitrogen and oxygen atoms in total. The molecule has 46 heavy (non-hydrogen) atoms. The molecule has 7 atom stereocenters. The number of halogens is 4. The zero-order chi connectivity index (χ0) is 32.1. The fraction of sp³-hybridized carbons (Fsp3) is 0.324. The first-order valence-electron chi connectivity index (χ1n) is 14.9. The third-order valence-corrected chi connectivity index (χ3v) is 13.2. The van der Waals surface area contributed by atoms with Crippen LogP contribution >= 0.6 is 39.0 Å². The van der Waals surface area contributed by atoms with E-state index >= 15 is 0 Å². The minimum Gasteiger partial charge on any atom is -0.489 e. The highest BCUT2D eigenvalue weighted by Gasteiger charge is 2.70. The summed E-state index contributed by atoms with van der Waals surface area (Å²) in [6.07, 6.45) is -3.94. The van der Waals surface area contributed by atoms with E-state index in [9.17, 15) is 27.6 Å². The van der Waals surface area contributed by atoms with Gasteiger partial charge in [0.1, 0.15) is 12.4 Å². The molecule has 1 aromatic heterocycles. The average Bonchev–Trinajstić information content (AvgIpc) is 3.75. The summed E-state index contributed by atoms with van der Waals surface area (Å²) in [6.45, 7) is 2.38.